The predicted octanol–water partition coefficient (Wildman–Crippen LogP) is 2.19. The third kappa shape index (κ3) is 5.24. The fraction of sp³-hybridized carbons (Fsp3) is 0.296. The molecule has 2 aromatic carbocycles. The van der Waals surface area contributed by atoms with Gasteiger partial charge in [0.15, 0.2) is 23.5 Å². The minimum atomic E-state index is -1.37. The molecule has 1 fully saturated rings. The van der Waals surface area contributed by atoms with Gasteiger partial charge in [0.25, 0.3) is 0 Å². The van der Waals surface area contributed by atoms with Gasteiger partial charge in [-0.05, 0) is 48.5 Å². The Morgan fingerprint density at radius 3 is 2.10 bits per heavy atom. The number of carbonyl (C=O) groups is 2. The average molecular weight is 551 g/mol. The Morgan fingerprint density at radius 1 is 0.875 bits per heavy atom. The molecule has 1 aliphatic rings. The molecule has 0 spiro atoms. The Morgan fingerprint density at radius 2 is 1.50 bits per heavy atom. The van der Waals surface area contributed by atoms with Crippen molar-refractivity contribution >= 4 is 23.1 Å². The molecular formula is C27H26N4O9. The molecule has 4 atom stereocenters. The molecule has 4 aromatic rings. The number of esters is 2. The molecule has 2 aromatic heterocycles. The normalized spacial score (nSPS) is 20.2. The summed E-state index contributed by atoms with van der Waals surface area (Å²) in [7, 11) is 4.48. The molecule has 0 aliphatic carbocycles. The van der Waals surface area contributed by atoms with E-state index in [1.165, 1.54) is 50.7 Å². The zero-order chi connectivity index (χ0) is 28.2. The number of aromatic nitrogens is 4. The lowest BCUT2D eigenvalue weighted by Gasteiger charge is -2.21. The average Bonchev–Trinajstić information content (AvgIpc) is 3.56. The van der Waals surface area contributed by atoms with Gasteiger partial charge in [0.2, 0.25) is 5.88 Å². The first-order chi connectivity index (χ1) is 19.4. The van der Waals surface area contributed by atoms with Crippen molar-refractivity contribution in [2.45, 2.75) is 24.5 Å². The maximum Gasteiger partial charge on any atom is 0.338 e. The van der Waals surface area contributed by atoms with E-state index in [1.54, 1.807) is 36.4 Å². The summed E-state index contributed by atoms with van der Waals surface area (Å²) in [5.41, 5.74) is 1.19. The third-order valence-corrected chi connectivity index (χ3v) is 6.38. The maximum atomic E-state index is 13.0. The number of carbonyl (C=O) groups excluding carboxylic acids is 2. The lowest BCUT2D eigenvalue weighted by molar-refractivity contribution is -0.0585. The van der Waals surface area contributed by atoms with Crippen LogP contribution in [0.5, 0.6) is 17.4 Å². The van der Waals surface area contributed by atoms with Crippen molar-refractivity contribution < 1.29 is 43.1 Å². The molecule has 13 nitrogen and oxygen atoms in total. The summed E-state index contributed by atoms with van der Waals surface area (Å²) >= 11 is 0. The van der Waals surface area contributed by atoms with Crippen molar-refractivity contribution in [2.24, 2.45) is 0 Å². The van der Waals surface area contributed by atoms with Crippen LogP contribution in [0.3, 0.4) is 0 Å². The fourth-order valence-electron chi connectivity index (χ4n) is 4.28. The second-order valence-electron chi connectivity index (χ2n) is 8.69. The van der Waals surface area contributed by atoms with Crippen LogP contribution in [0.15, 0.2) is 61.2 Å². The molecule has 1 N–H and O–H groups in total. The highest BCUT2D eigenvalue weighted by Crippen LogP contribution is 2.35. The second kappa shape index (κ2) is 11.6. The summed E-state index contributed by atoms with van der Waals surface area (Å²) in [5, 5.41) is 11.3. The number of aliphatic hydroxyl groups excluding tert-OH is 1. The molecule has 0 saturated carbocycles. The largest absolute Gasteiger partial charge is 0.497 e. The van der Waals surface area contributed by atoms with Crippen molar-refractivity contribution in [3.8, 4) is 17.4 Å². The molecule has 0 radical (unpaired) electrons. The second-order valence-corrected chi connectivity index (χ2v) is 8.69. The lowest BCUT2D eigenvalue weighted by atomic mass is 10.1. The van der Waals surface area contributed by atoms with Gasteiger partial charge in [0.1, 0.15) is 36.6 Å². The number of hydrogen-bond acceptors (Lipinski definition) is 12. The van der Waals surface area contributed by atoms with Gasteiger partial charge >= 0.3 is 11.9 Å². The topological polar surface area (TPSA) is 153 Å². The molecule has 13 heteroatoms. The van der Waals surface area contributed by atoms with Crippen LogP contribution in [0.25, 0.3) is 11.2 Å². The van der Waals surface area contributed by atoms with Crippen molar-refractivity contribution in [3.05, 3.63) is 72.3 Å². The molecular weight excluding hydrogens is 524 g/mol. The van der Waals surface area contributed by atoms with Gasteiger partial charge in [-0.25, -0.2) is 19.6 Å². The smallest absolute Gasteiger partial charge is 0.338 e. The van der Waals surface area contributed by atoms with Gasteiger partial charge in [-0.15, -0.1) is 0 Å². The number of methoxy groups -OCH3 is 3. The van der Waals surface area contributed by atoms with Crippen molar-refractivity contribution in [1.82, 2.24) is 19.5 Å². The molecule has 208 valence electrons. The van der Waals surface area contributed by atoms with Crippen LogP contribution in [0.4, 0.5) is 0 Å². The predicted molar refractivity (Wildman–Crippen MR) is 137 cm³/mol. The van der Waals surface area contributed by atoms with E-state index in [-0.39, 0.29) is 23.6 Å². The van der Waals surface area contributed by atoms with Gasteiger partial charge in [0, 0.05) is 0 Å². The van der Waals surface area contributed by atoms with E-state index >= 15 is 0 Å². The van der Waals surface area contributed by atoms with Crippen LogP contribution in [0.1, 0.15) is 26.9 Å². The summed E-state index contributed by atoms with van der Waals surface area (Å²) in [5.74, 6) is 0.0503. The Labute approximate surface area is 228 Å². The van der Waals surface area contributed by atoms with Crippen LogP contribution in [0, 0.1) is 0 Å². The van der Waals surface area contributed by atoms with E-state index < -0.39 is 36.5 Å². The number of benzene rings is 2. The monoisotopic (exact) mass is 550 g/mol. The summed E-state index contributed by atoms with van der Waals surface area (Å²) in [6.45, 7) is -0.316. The van der Waals surface area contributed by atoms with Gasteiger partial charge in [-0.1, -0.05) is 0 Å². The molecule has 1 saturated heterocycles. The van der Waals surface area contributed by atoms with Crippen molar-refractivity contribution in [1.29, 1.82) is 0 Å². The summed E-state index contributed by atoms with van der Waals surface area (Å²) < 4.78 is 34.2. The lowest BCUT2D eigenvalue weighted by Crippen LogP contribution is -2.38. The van der Waals surface area contributed by atoms with Crippen LogP contribution in [0.2, 0.25) is 0 Å². The minimum Gasteiger partial charge on any atom is -0.497 e. The first-order valence-corrected chi connectivity index (χ1v) is 12.1. The molecule has 0 bridgehead atoms. The number of ether oxygens (including phenoxy) is 6. The number of nitrogens with zero attached hydrogens (tertiary/aromatic N) is 4. The quantitative estimate of drug-likeness (QED) is 0.304. The van der Waals surface area contributed by atoms with Gasteiger partial charge in [-0.3, -0.25) is 4.57 Å². The van der Waals surface area contributed by atoms with Crippen LogP contribution in [-0.2, 0) is 14.2 Å². The summed E-state index contributed by atoms with van der Waals surface area (Å²) in [6.07, 6.45) is -1.98. The summed E-state index contributed by atoms with van der Waals surface area (Å²) in [6, 6.07) is 12.7. The zero-order valence-electron chi connectivity index (χ0n) is 21.8. The highest BCUT2D eigenvalue weighted by atomic mass is 16.6. The van der Waals surface area contributed by atoms with Crippen molar-refractivity contribution in [3.63, 3.8) is 0 Å². The Hall–Kier alpha value is -4.75. The number of rotatable bonds is 9. The van der Waals surface area contributed by atoms with Crippen molar-refractivity contribution in [2.75, 3.05) is 27.9 Å². The van der Waals surface area contributed by atoms with Crippen LogP contribution >= 0.6 is 0 Å². The summed E-state index contributed by atoms with van der Waals surface area (Å²) in [4.78, 5) is 38.2. The van der Waals surface area contributed by atoms with E-state index in [1.807, 2.05) is 0 Å². The molecule has 1 aliphatic heterocycles. The van der Waals surface area contributed by atoms with Crippen LogP contribution < -0.4 is 14.2 Å². The molecule has 0 unspecified atom stereocenters. The highest BCUT2D eigenvalue weighted by Gasteiger charge is 2.48. The van der Waals surface area contributed by atoms with E-state index in [2.05, 4.69) is 15.0 Å². The van der Waals surface area contributed by atoms with Gasteiger partial charge in [0.05, 0.1) is 38.8 Å². The minimum absolute atomic E-state index is 0.232. The molecule has 5 rings (SSSR count). The van der Waals surface area contributed by atoms with E-state index in [0.29, 0.717) is 22.7 Å². The zero-order valence-corrected chi connectivity index (χ0v) is 21.8. The first kappa shape index (κ1) is 26.8. The van der Waals surface area contributed by atoms with Gasteiger partial charge < -0.3 is 33.5 Å². The van der Waals surface area contributed by atoms with E-state index in [0.717, 1.165) is 0 Å². The number of fused-ring (bicyclic) bond motifs is 1. The van der Waals surface area contributed by atoms with Gasteiger partial charge in [-0.2, -0.15) is 4.98 Å². The van der Waals surface area contributed by atoms with E-state index in [4.69, 9.17) is 28.4 Å². The fourth-order valence-corrected chi connectivity index (χ4v) is 4.28. The molecule has 0 amide bonds. The van der Waals surface area contributed by atoms with Crippen LogP contribution in [-0.4, -0.2) is 82.8 Å². The Kier molecular flexibility index (Phi) is 7.75. The standard InChI is InChI=1S/C27H26N4O9/c1-35-17-8-4-15(5-9-17)26(33)38-12-19-22(40-27(34)16-6-10-18(36-2)11-7-16)21(32)25(39-19)31-14-30-20-23(31)28-13-29-24(20)37-3/h4-11,13-14,19,21-22,25,32H,12H2,1-3H3/t19-,21+,22-,25-/m1/s1. The number of aliphatic hydroxyl groups is 1. The SMILES string of the molecule is COc1ccc(C(=O)OC[C@H]2O[C@@H](n3cnc4c(OC)ncnc43)[C@@H](O)[C@@H]2OC(=O)c2ccc(OC)cc2)cc1. The number of hydrogen-bond donors (Lipinski definition) is 1. The molecule has 40 heavy (non-hydrogen) atoms. The Bertz CT molecular complexity index is 1490. The maximum absolute atomic E-state index is 13.0. The number of imidazole rings is 1. The first-order valence-electron chi connectivity index (χ1n) is 12.1. The molecule has 3 heterocycles. The highest BCUT2D eigenvalue weighted by molar-refractivity contribution is 5.90. The van der Waals surface area contributed by atoms with E-state index in [9.17, 15) is 14.7 Å². The third-order valence-electron chi connectivity index (χ3n) is 6.38. The Balaban J connectivity index is 1.39.